The van der Waals surface area contributed by atoms with E-state index >= 15 is 0 Å². The smallest absolute Gasteiger partial charge is 0.272 e. The first kappa shape index (κ1) is 19.1. The van der Waals surface area contributed by atoms with E-state index in [9.17, 15) is 14.9 Å². The Labute approximate surface area is 164 Å². The number of benzene rings is 2. The summed E-state index contributed by atoms with van der Waals surface area (Å²) in [6.07, 6.45) is 5.15. The number of rotatable bonds is 6. The van der Waals surface area contributed by atoms with E-state index < -0.39 is 4.92 Å². The van der Waals surface area contributed by atoms with Crippen molar-refractivity contribution in [3.8, 4) is 0 Å². The highest BCUT2D eigenvalue weighted by Crippen LogP contribution is 2.23. The highest BCUT2D eigenvalue weighted by Gasteiger charge is 2.12. The van der Waals surface area contributed by atoms with Crippen LogP contribution in [0.1, 0.15) is 5.56 Å². The molecule has 1 amide bonds. The average molecular weight is 399 g/mol. The Hall–Kier alpha value is -2.71. The first-order valence-corrected chi connectivity index (χ1v) is 10.4. The molecule has 0 fully saturated rings. The number of aromatic nitrogens is 1. The van der Waals surface area contributed by atoms with E-state index in [0.29, 0.717) is 11.3 Å². The van der Waals surface area contributed by atoms with E-state index in [1.54, 1.807) is 23.9 Å². The van der Waals surface area contributed by atoms with Crippen LogP contribution in [0.2, 0.25) is 0 Å². The number of fused-ring (bicyclic) bond motifs is 1. The average Bonchev–Trinajstić information content (AvgIpc) is 3.01. The number of amides is 1. The zero-order valence-electron chi connectivity index (χ0n) is 14.6. The van der Waals surface area contributed by atoms with Crippen molar-refractivity contribution >= 4 is 51.0 Å². The van der Waals surface area contributed by atoms with Gasteiger partial charge in [-0.1, -0.05) is 41.7 Å². The molecule has 0 spiro atoms. The van der Waals surface area contributed by atoms with Gasteiger partial charge >= 0.3 is 0 Å². The highest BCUT2D eigenvalue weighted by atomic mass is 32.2. The third kappa shape index (κ3) is 4.72. The number of hydrogen-bond acceptors (Lipinski definition) is 5. The standard InChI is InChI=1S/C19H17N3O3S2/c1-26-12-11-21-16-9-8-15(22(24)25)13-17(16)27-19(21)20-18(23)10-7-14-5-3-2-4-6-14/h2-10,13H,11-12H2,1H3. The fraction of sp³-hybridized carbons (Fsp3) is 0.158. The van der Waals surface area contributed by atoms with Gasteiger partial charge in [-0.05, 0) is 24.0 Å². The fourth-order valence-corrected chi connectivity index (χ4v) is 3.98. The number of nitro groups is 1. The molecule has 0 saturated heterocycles. The summed E-state index contributed by atoms with van der Waals surface area (Å²) in [5, 5.41) is 11.0. The number of non-ortho nitro benzene ring substituents is 1. The minimum atomic E-state index is -0.421. The summed E-state index contributed by atoms with van der Waals surface area (Å²) in [6, 6.07) is 14.2. The molecule has 0 atom stereocenters. The van der Waals surface area contributed by atoms with Crippen LogP contribution in [0.5, 0.6) is 0 Å². The lowest BCUT2D eigenvalue weighted by atomic mass is 10.2. The van der Waals surface area contributed by atoms with Crippen LogP contribution in [0.15, 0.2) is 59.6 Å². The normalized spacial score (nSPS) is 12.1. The molecule has 3 aromatic rings. The number of nitro benzene ring substituents is 1. The van der Waals surface area contributed by atoms with E-state index in [-0.39, 0.29) is 11.6 Å². The molecule has 0 saturated carbocycles. The van der Waals surface area contributed by atoms with Gasteiger partial charge in [-0.15, -0.1) is 0 Å². The third-order valence-electron chi connectivity index (χ3n) is 3.82. The minimum Gasteiger partial charge on any atom is -0.315 e. The van der Waals surface area contributed by atoms with Gasteiger partial charge < -0.3 is 4.57 Å². The number of aryl methyl sites for hydroxylation is 1. The molecule has 2 aromatic carbocycles. The maximum Gasteiger partial charge on any atom is 0.272 e. The molecular formula is C19H17N3O3S2. The largest absolute Gasteiger partial charge is 0.315 e. The lowest BCUT2D eigenvalue weighted by molar-refractivity contribution is -0.384. The van der Waals surface area contributed by atoms with Crippen LogP contribution in [0.25, 0.3) is 16.3 Å². The second kappa shape index (κ2) is 8.79. The molecule has 0 N–H and O–H groups in total. The second-order valence-electron chi connectivity index (χ2n) is 5.63. The van der Waals surface area contributed by atoms with E-state index in [0.717, 1.165) is 21.5 Å². The Balaban J connectivity index is 2.00. The molecule has 0 unspecified atom stereocenters. The number of nitrogens with zero attached hydrogens (tertiary/aromatic N) is 3. The maximum atomic E-state index is 12.3. The molecule has 1 heterocycles. The quantitative estimate of drug-likeness (QED) is 0.355. The molecule has 0 aliphatic heterocycles. The van der Waals surface area contributed by atoms with Crippen molar-refractivity contribution in [2.45, 2.75) is 6.54 Å². The fourth-order valence-electron chi connectivity index (χ4n) is 2.52. The predicted molar refractivity (Wildman–Crippen MR) is 111 cm³/mol. The lowest BCUT2D eigenvalue weighted by Crippen LogP contribution is -2.17. The Morgan fingerprint density at radius 3 is 2.78 bits per heavy atom. The van der Waals surface area contributed by atoms with Gasteiger partial charge in [0.2, 0.25) is 0 Å². The van der Waals surface area contributed by atoms with Crippen molar-refractivity contribution in [1.29, 1.82) is 0 Å². The van der Waals surface area contributed by atoms with Crippen molar-refractivity contribution in [1.82, 2.24) is 4.57 Å². The topological polar surface area (TPSA) is 77.5 Å². The molecule has 6 nitrogen and oxygen atoms in total. The Morgan fingerprint density at radius 1 is 1.30 bits per heavy atom. The van der Waals surface area contributed by atoms with Gasteiger partial charge in [-0.3, -0.25) is 14.9 Å². The van der Waals surface area contributed by atoms with Crippen LogP contribution in [-0.4, -0.2) is 27.4 Å². The summed E-state index contributed by atoms with van der Waals surface area (Å²) in [5.74, 6) is 0.488. The predicted octanol–water partition coefficient (Wildman–Crippen LogP) is 4.11. The highest BCUT2D eigenvalue weighted by molar-refractivity contribution is 7.98. The molecule has 8 heteroatoms. The van der Waals surface area contributed by atoms with Gasteiger partial charge in [0.05, 0.1) is 15.1 Å². The van der Waals surface area contributed by atoms with Crippen molar-refractivity contribution in [3.05, 3.63) is 75.1 Å². The van der Waals surface area contributed by atoms with Crippen molar-refractivity contribution in [3.63, 3.8) is 0 Å². The molecule has 1 aromatic heterocycles. The van der Waals surface area contributed by atoms with E-state index in [2.05, 4.69) is 4.99 Å². The first-order valence-electron chi connectivity index (χ1n) is 8.17. The molecule has 0 aliphatic carbocycles. The van der Waals surface area contributed by atoms with Gasteiger partial charge in [0, 0.05) is 30.5 Å². The second-order valence-corrected chi connectivity index (χ2v) is 7.63. The lowest BCUT2D eigenvalue weighted by Gasteiger charge is -2.03. The maximum absolute atomic E-state index is 12.3. The van der Waals surface area contributed by atoms with E-state index in [4.69, 9.17) is 0 Å². The molecular weight excluding hydrogens is 382 g/mol. The zero-order valence-corrected chi connectivity index (χ0v) is 16.2. The van der Waals surface area contributed by atoms with Gasteiger partial charge in [-0.25, -0.2) is 0 Å². The molecule has 138 valence electrons. The number of thiazole rings is 1. The van der Waals surface area contributed by atoms with Crippen molar-refractivity contribution in [2.24, 2.45) is 4.99 Å². The molecule has 27 heavy (non-hydrogen) atoms. The monoisotopic (exact) mass is 399 g/mol. The molecule has 0 bridgehead atoms. The molecule has 0 radical (unpaired) electrons. The molecule has 0 aliphatic rings. The zero-order chi connectivity index (χ0) is 19.2. The first-order chi connectivity index (χ1) is 13.1. The van der Waals surface area contributed by atoms with Crippen LogP contribution < -0.4 is 4.80 Å². The summed E-state index contributed by atoms with van der Waals surface area (Å²) in [7, 11) is 0. The van der Waals surface area contributed by atoms with Crippen LogP contribution >= 0.6 is 23.1 Å². The Morgan fingerprint density at radius 2 is 2.07 bits per heavy atom. The number of carbonyl (C=O) groups excluding carboxylic acids is 1. The SMILES string of the molecule is CSCCn1c(=NC(=O)C=Cc2ccccc2)sc2cc([N+](=O)[O-])ccc21. The summed E-state index contributed by atoms with van der Waals surface area (Å²) in [6.45, 7) is 0.674. The number of hydrogen-bond donors (Lipinski definition) is 0. The Bertz CT molecular complexity index is 1070. The van der Waals surface area contributed by atoms with Gasteiger partial charge in [-0.2, -0.15) is 16.8 Å². The van der Waals surface area contributed by atoms with E-state index in [1.165, 1.54) is 29.5 Å². The minimum absolute atomic E-state index is 0.0302. The summed E-state index contributed by atoms with van der Waals surface area (Å²) >= 11 is 2.97. The van der Waals surface area contributed by atoms with Crippen molar-refractivity contribution < 1.29 is 9.72 Å². The van der Waals surface area contributed by atoms with Crippen LogP contribution in [0.3, 0.4) is 0 Å². The third-order valence-corrected chi connectivity index (χ3v) is 5.45. The van der Waals surface area contributed by atoms with Crippen molar-refractivity contribution in [2.75, 3.05) is 12.0 Å². The van der Waals surface area contributed by atoms with Crippen LogP contribution in [-0.2, 0) is 11.3 Å². The Kier molecular flexibility index (Phi) is 6.20. The van der Waals surface area contributed by atoms with E-state index in [1.807, 2.05) is 41.2 Å². The summed E-state index contributed by atoms with van der Waals surface area (Å²) in [4.78, 5) is 27.6. The summed E-state index contributed by atoms with van der Waals surface area (Å²) < 4.78 is 2.68. The number of carbonyl (C=O) groups is 1. The van der Waals surface area contributed by atoms with Gasteiger partial charge in [0.1, 0.15) is 0 Å². The summed E-state index contributed by atoms with van der Waals surface area (Å²) in [5.41, 5.74) is 1.80. The van der Waals surface area contributed by atoms with Crippen LogP contribution in [0, 0.1) is 10.1 Å². The van der Waals surface area contributed by atoms with Crippen LogP contribution in [0.4, 0.5) is 5.69 Å². The van der Waals surface area contributed by atoms with Gasteiger partial charge in [0.25, 0.3) is 11.6 Å². The van der Waals surface area contributed by atoms with Gasteiger partial charge in [0.15, 0.2) is 4.80 Å². The number of thioether (sulfide) groups is 1. The molecule has 3 rings (SSSR count).